The molecule has 1 aliphatic heterocycles. The summed E-state index contributed by atoms with van der Waals surface area (Å²) >= 11 is 0. The van der Waals surface area contributed by atoms with Crippen molar-refractivity contribution in [1.82, 2.24) is 9.97 Å². The second-order valence-corrected chi connectivity index (χ2v) is 18.1. The maximum Gasteiger partial charge on any atom is 0.192 e. The van der Waals surface area contributed by atoms with E-state index >= 15 is 0 Å². The molecule has 0 saturated carbocycles. The summed E-state index contributed by atoms with van der Waals surface area (Å²) in [4.78, 5) is 23.9. The quantitative estimate of drug-likeness (QED) is 0.206. The van der Waals surface area contributed by atoms with E-state index in [-0.39, 0.29) is 40.7 Å². The fourth-order valence-corrected chi connectivity index (χ4v) is 7.00. The van der Waals surface area contributed by atoms with Crippen molar-refractivity contribution < 1.29 is 32.6 Å². The average molecular weight is 630 g/mol. The normalized spacial score (nSPS) is 20.1. The minimum atomic E-state index is -1.97. The number of anilines is 1. The molecule has 0 spiro atoms. The molecule has 4 rings (SSSR count). The van der Waals surface area contributed by atoms with Gasteiger partial charge in [0.05, 0.1) is 18.3 Å². The van der Waals surface area contributed by atoms with Crippen molar-refractivity contribution in [3.8, 4) is 11.3 Å². The van der Waals surface area contributed by atoms with Crippen LogP contribution in [-0.4, -0.2) is 60.1 Å². The minimum Gasteiger partial charge on any atom is -0.413 e. The lowest BCUT2D eigenvalue weighted by molar-refractivity contribution is 0.0627. The Morgan fingerprint density at radius 1 is 1.07 bits per heavy atom. The zero-order valence-corrected chi connectivity index (χ0v) is 27.4. The molecule has 1 aliphatic rings. The van der Waals surface area contributed by atoms with Crippen LogP contribution >= 0.6 is 0 Å². The molecule has 1 fully saturated rings. The number of carbonyl (C=O) groups is 1. The standard InChI is InChI=1S/C33H42F3N3O4Si/c1-19-16-39(17-20(2)32(19)43-44(6,7)33(3,4)5)27-10-11-37-15-22(27)14-28(41)26-9-8-23(34)31(38-26)30-24(35)12-21(13-25(30)36)29(42)18-40/h8-13,15,19-20,29,32,40,42H,14,16-18H2,1-7H3/t19-,20+,29-,32?/m0/s1. The predicted molar refractivity (Wildman–Crippen MR) is 166 cm³/mol. The fourth-order valence-electron chi connectivity index (χ4n) is 5.50. The third kappa shape index (κ3) is 7.06. The fraction of sp³-hybridized carbons (Fsp3) is 0.485. The van der Waals surface area contributed by atoms with E-state index in [0.29, 0.717) is 5.56 Å². The molecule has 44 heavy (non-hydrogen) atoms. The number of pyridine rings is 2. The molecule has 1 aromatic carbocycles. The van der Waals surface area contributed by atoms with E-state index in [1.165, 1.54) is 6.07 Å². The van der Waals surface area contributed by atoms with Crippen LogP contribution in [0.3, 0.4) is 0 Å². The number of carbonyl (C=O) groups excluding carboxylic acids is 1. The van der Waals surface area contributed by atoms with E-state index in [4.69, 9.17) is 9.53 Å². The summed E-state index contributed by atoms with van der Waals surface area (Å²) in [6.07, 6.45) is 1.80. The van der Waals surface area contributed by atoms with Gasteiger partial charge in [0.25, 0.3) is 0 Å². The monoisotopic (exact) mass is 629 g/mol. The van der Waals surface area contributed by atoms with E-state index in [1.54, 1.807) is 12.4 Å². The van der Waals surface area contributed by atoms with Gasteiger partial charge in [0, 0.05) is 43.2 Å². The van der Waals surface area contributed by atoms with E-state index in [9.17, 15) is 23.1 Å². The van der Waals surface area contributed by atoms with Gasteiger partial charge in [-0.15, -0.1) is 0 Å². The van der Waals surface area contributed by atoms with Gasteiger partial charge in [-0.1, -0.05) is 34.6 Å². The van der Waals surface area contributed by atoms with Crippen molar-refractivity contribution in [2.45, 2.75) is 71.4 Å². The third-order valence-corrected chi connectivity index (χ3v) is 13.4. The first kappa shape index (κ1) is 33.8. The number of Topliss-reactive ketones (excluding diaryl/α,β-unsaturated/α-hetero) is 1. The maximum atomic E-state index is 14.9. The number of rotatable bonds is 9. The van der Waals surface area contributed by atoms with Gasteiger partial charge in [0.15, 0.2) is 14.1 Å². The summed E-state index contributed by atoms with van der Waals surface area (Å²) in [6, 6.07) is 5.61. The first-order chi connectivity index (χ1) is 20.5. The number of nitrogens with zero attached hydrogens (tertiary/aromatic N) is 3. The van der Waals surface area contributed by atoms with Crippen LogP contribution in [-0.2, 0) is 10.8 Å². The minimum absolute atomic E-state index is 0.0971. The van der Waals surface area contributed by atoms with Crippen molar-refractivity contribution in [2.24, 2.45) is 11.8 Å². The van der Waals surface area contributed by atoms with Gasteiger partial charge in [0.1, 0.15) is 34.9 Å². The lowest BCUT2D eigenvalue weighted by Crippen LogP contribution is -2.54. The van der Waals surface area contributed by atoms with Crippen LogP contribution < -0.4 is 4.90 Å². The van der Waals surface area contributed by atoms with Gasteiger partial charge in [-0.3, -0.25) is 9.78 Å². The van der Waals surface area contributed by atoms with Crippen LogP contribution in [0.1, 0.15) is 62.3 Å². The van der Waals surface area contributed by atoms with Crippen LogP contribution in [0.4, 0.5) is 18.9 Å². The number of ketones is 1. The summed E-state index contributed by atoms with van der Waals surface area (Å²) in [5.74, 6) is -3.36. The zero-order valence-electron chi connectivity index (χ0n) is 26.4. The molecule has 0 amide bonds. The second-order valence-electron chi connectivity index (χ2n) is 13.4. The molecule has 1 saturated heterocycles. The Kier molecular flexibility index (Phi) is 10.0. The Balaban J connectivity index is 1.57. The number of aromatic nitrogens is 2. The van der Waals surface area contributed by atoms with Gasteiger partial charge in [-0.25, -0.2) is 18.2 Å². The second kappa shape index (κ2) is 13.1. The number of halogens is 3. The summed E-state index contributed by atoms with van der Waals surface area (Å²) in [7, 11) is -1.97. The third-order valence-electron chi connectivity index (χ3n) is 8.94. The van der Waals surface area contributed by atoms with Crippen LogP contribution in [0, 0.1) is 29.3 Å². The lowest BCUT2D eigenvalue weighted by Gasteiger charge is -2.48. The van der Waals surface area contributed by atoms with Crippen molar-refractivity contribution in [1.29, 1.82) is 0 Å². The molecule has 0 bridgehead atoms. The molecule has 0 aliphatic carbocycles. The van der Waals surface area contributed by atoms with Crippen LogP contribution in [0.2, 0.25) is 18.1 Å². The number of aliphatic hydroxyl groups excluding tert-OH is 2. The van der Waals surface area contributed by atoms with Gasteiger partial charge >= 0.3 is 0 Å². The Bertz CT molecular complexity index is 1480. The lowest BCUT2D eigenvalue weighted by atomic mass is 9.87. The Morgan fingerprint density at radius 3 is 2.25 bits per heavy atom. The summed E-state index contributed by atoms with van der Waals surface area (Å²) in [5.41, 5.74) is -0.268. The van der Waals surface area contributed by atoms with Crippen molar-refractivity contribution in [3.63, 3.8) is 0 Å². The predicted octanol–water partition coefficient (Wildman–Crippen LogP) is 6.49. The van der Waals surface area contributed by atoms with E-state index in [1.807, 2.05) is 6.07 Å². The molecule has 3 aromatic rings. The Hall–Kier alpha value is -3.12. The molecule has 1 unspecified atom stereocenters. The first-order valence-electron chi connectivity index (χ1n) is 14.9. The largest absolute Gasteiger partial charge is 0.413 e. The summed E-state index contributed by atoms with van der Waals surface area (Å²) < 4.78 is 51.4. The van der Waals surface area contributed by atoms with Crippen LogP contribution in [0.25, 0.3) is 11.3 Å². The van der Waals surface area contributed by atoms with Crippen LogP contribution in [0.15, 0.2) is 42.7 Å². The Morgan fingerprint density at radius 2 is 1.68 bits per heavy atom. The highest BCUT2D eigenvalue weighted by atomic mass is 28.4. The van der Waals surface area contributed by atoms with E-state index in [0.717, 1.165) is 37.0 Å². The highest BCUT2D eigenvalue weighted by Crippen LogP contribution is 2.41. The highest BCUT2D eigenvalue weighted by molar-refractivity contribution is 6.74. The number of hydrogen-bond donors (Lipinski definition) is 2. The van der Waals surface area contributed by atoms with Gasteiger partial charge < -0.3 is 19.5 Å². The molecule has 11 heteroatoms. The van der Waals surface area contributed by atoms with E-state index < -0.39 is 55.5 Å². The number of benzene rings is 1. The van der Waals surface area contributed by atoms with Gasteiger partial charge in [-0.2, -0.15) is 0 Å². The maximum absolute atomic E-state index is 14.9. The van der Waals surface area contributed by atoms with Crippen molar-refractivity contribution in [2.75, 3.05) is 24.6 Å². The SMILES string of the molecule is C[C@@H]1CN(c2ccncc2CC(=O)c2ccc(F)c(-c3c(F)cc([C@@H](O)CO)cc3F)n2)C[C@H](C)C1O[Si](C)(C)C(C)(C)C. The van der Waals surface area contributed by atoms with Gasteiger partial charge in [-0.05, 0) is 65.9 Å². The summed E-state index contributed by atoms with van der Waals surface area (Å²) in [5, 5.41) is 19.0. The molecular weight excluding hydrogens is 587 g/mol. The number of piperidine rings is 1. The van der Waals surface area contributed by atoms with E-state index in [2.05, 4.69) is 62.6 Å². The molecule has 238 valence electrons. The van der Waals surface area contributed by atoms with Crippen molar-refractivity contribution in [3.05, 3.63) is 77.0 Å². The number of hydrogen-bond acceptors (Lipinski definition) is 7. The molecule has 7 nitrogen and oxygen atoms in total. The molecule has 2 aromatic heterocycles. The molecule has 3 heterocycles. The highest BCUT2D eigenvalue weighted by Gasteiger charge is 2.43. The zero-order chi connectivity index (χ0) is 32.6. The van der Waals surface area contributed by atoms with Gasteiger partial charge in [0.2, 0.25) is 0 Å². The Labute approximate surface area is 258 Å². The van der Waals surface area contributed by atoms with Crippen LogP contribution in [0.5, 0.6) is 0 Å². The summed E-state index contributed by atoms with van der Waals surface area (Å²) in [6.45, 7) is 16.3. The smallest absolute Gasteiger partial charge is 0.192 e. The van der Waals surface area contributed by atoms with Crippen molar-refractivity contribution >= 4 is 19.8 Å². The topological polar surface area (TPSA) is 95.8 Å². The number of aliphatic hydroxyl groups is 2. The average Bonchev–Trinajstić information content (AvgIpc) is 2.94. The molecular formula is C33H42F3N3O4Si. The first-order valence-corrected chi connectivity index (χ1v) is 17.8. The molecule has 4 atom stereocenters. The molecule has 0 radical (unpaired) electrons. The molecule has 2 N–H and O–H groups in total.